The Bertz CT molecular complexity index is 1310. The van der Waals surface area contributed by atoms with Crippen molar-refractivity contribution in [1.29, 1.82) is 0 Å². The molecule has 0 saturated carbocycles. The van der Waals surface area contributed by atoms with Gasteiger partial charge in [-0.3, -0.25) is 4.98 Å². The van der Waals surface area contributed by atoms with E-state index >= 15 is 0 Å². The molecule has 1 spiro atoms. The molecule has 2 aliphatic carbocycles. The van der Waals surface area contributed by atoms with Crippen LogP contribution in [0.3, 0.4) is 0 Å². The molecule has 4 aliphatic rings. The molecule has 1 aromatic heterocycles. The Morgan fingerprint density at radius 3 is 2.76 bits per heavy atom. The number of piperidine rings is 1. The minimum Gasteiger partial charge on any atom is -0.493 e. The van der Waals surface area contributed by atoms with Gasteiger partial charge < -0.3 is 19.5 Å². The minimum absolute atomic E-state index is 0.0246. The number of aromatic nitrogens is 1. The van der Waals surface area contributed by atoms with Gasteiger partial charge in [-0.1, -0.05) is 29.8 Å². The van der Waals surface area contributed by atoms with Crippen molar-refractivity contribution in [2.24, 2.45) is 0 Å². The second-order valence-electron chi connectivity index (χ2n) is 9.93. The molecule has 1 fully saturated rings. The largest absolute Gasteiger partial charge is 0.493 e. The van der Waals surface area contributed by atoms with E-state index in [-0.39, 0.29) is 12.1 Å². The molecule has 1 N–H and O–H groups in total. The summed E-state index contributed by atoms with van der Waals surface area (Å²) in [5.74, 6) is 1.52. The first-order valence-electron chi connectivity index (χ1n) is 11.5. The highest BCUT2D eigenvalue weighted by molar-refractivity contribution is 6.30. The highest BCUT2D eigenvalue weighted by Crippen LogP contribution is 2.68. The number of aliphatic hydroxyl groups is 1. The fraction of sp³-hybridized carbons (Fsp3) is 0.370. The zero-order valence-electron chi connectivity index (χ0n) is 18.6. The summed E-state index contributed by atoms with van der Waals surface area (Å²) < 4.78 is 12.4. The van der Waals surface area contributed by atoms with Gasteiger partial charge in [0, 0.05) is 34.8 Å². The number of rotatable bonds is 2. The molecule has 1 saturated heterocycles. The second-order valence-corrected chi connectivity index (χ2v) is 10.4. The van der Waals surface area contributed by atoms with Gasteiger partial charge in [-0.25, -0.2) is 0 Å². The molecule has 0 amide bonds. The molecule has 4 atom stereocenters. The normalized spacial score (nSPS) is 30.9. The number of methoxy groups -OCH3 is 1. The third-order valence-electron chi connectivity index (χ3n) is 8.57. The molecule has 3 aromatic rings. The zero-order chi connectivity index (χ0) is 22.5. The number of pyridine rings is 1. The second kappa shape index (κ2) is 6.50. The van der Waals surface area contributed by atoms with Gasteiger partial charge in [0.05, 0.1) is 23.8 Å². The molecule has 2 aliphatic heterocycles. The van der Waals surface area contributed by atoms with E-state index in [0.29, 0.717) is 11.4 Å². The number of hydrogen-bond acceptors (Lipinski definition) is 5. The standard InChI is InChI=1S/C27H25ClN2O3/c1-30-10-9-26-22-16-5-8-20(32-2)24(22)33-25(26)23-17(13-27(26,31)21(30)12-16)11-18(14-29-23)15-3-6-19(28)7-4-15/h3-8,11,14,21,25,31H,9-10,12-13H2,1-2H3/t21-,25+,26+,27-/m1/s1. The van der Waals surface area contributed by atoms with Crippen molar-refractivity contribution in [2.75, 3.05) is 20.7 Å². The highest BCUT2D eigenvalue weighted by atomic mass is 35.5. The summed E-state index contributed by atoms with van der Waals surface area (Å²) in [6, 6.07) is 14.2. The Hall–Kier alpha value is -2.60. The van der Waals surface area contributed by atoms with Crippen LogP contribution in [0.2, 0.25) is 5.02 Å². The molecule has 0 radical (unpaired) electrons. The molecule has 3 heterocycles. The SMILES string of the molecule is COc1ccc2c3c1O[C@H]1c4ncc(-c5ccc(Cl)cc5)cc4C[C@@]4(O)[C@@H](C2)N(C)CC[C@]314. The number of halogens is 1. The first kappa shape index (κ1) is 19.8. The maximum absolute atomic E-state index is 12.6. The lowest BCUT2D eigenvalue weighted by Crippen LogP contribution is -2.74. The van der Waals surface area contributed by atoms with E-state index in [1.54, 1.807) is 7.11 Å². The fourth-order valence-electron chi connectivity index (χ4n) is 7.06. The lowest BCUT2D eigenvalue weighted by atomic mass is 9.49. The fourth-order valence-corrected chi connectivity index (χ4v) is 7.19. The van der Waals surface area contributed by atoms with Crippen molar-refractivity contribution in [3.05, 3.63) is 76.1 Å². The Labute approximate surface area is 197 Å². The van der Waals surface area contributed by atoms with Crippen molar-refractivity contribution >= 4 is 11.6 Å². The van der Waals surface area contributed by atoms with E-state index in [2.05, 4.69) is 24.1 Å². The number of likely N-dealkylation sites (tertiary alicyclic amines) is 1. The van der Waals surface area contributed by atoms with Gasteiger partial charge in [0.25, 0.3) is 0 Å². The Morgan fingerprint density at radius 1 is 1.15 bits per heavy atom. The van der Waals surface area contributed by atoms with Gasteiger partial charge in [-0.2, -0.15) is 0 Å². The number of likely N-dealkylation sites (N-methyl/N-ethyl adjacent to an activating group) is 1. The van der Waals surface area contributed by atoms with Crippen LogP contribution in [0.5, 0.6) is 11.5 Å². The van der Waals surface area contributed by atoms with Gasteiger partial charge in [0.15, 0.2) is 17.6 Å². The van der Waals surface area contributed by atoms with Crippen LogP contribution in [0, 0.1) is 0 Å². The molecule has 7 rings (SSSR count). The summed E-state index contributed by atoms with van der Waals surface area (Å²) in [5, 5.41) is 13.3. The maximum atomic E-state index is 12.6. The summed E-state index contributed by atoms with van der Waals surface area (Å²) in [5.41, 5.74) is 5.03. The lowest BCUT2D eigenvalue weighted by Gasteiger charge is -2.62. The van der Waals surface area contributed by atoms with Crippen LogP contribution < -0.4 is 9.47 Å². The van der Waals surface area contributed by atoms with Gasteiger partial charge >= 0.3 is 0 Å². The molecule has 0 unspecified atom stereocenters. The van der Waals surface area contributed by atoms with Crippen LogP contribution in [0.1, 0.15) is 34.9 Å². The van der Waals surface area contributed by atoms with Crippen LogP contribution in [0.4, 0.5) is 0 Å². The highest BCUT2D eigenvalue weighted by Gasteiger charge is 2.72. The van der Waals surface area contributed by atoms with E-state index in [0.717, 1.165) is 58.8 Å². The molecule has 2 bridgehead atoms. The molecule has 33 heavy (non-hydrogen) atoms. The molecular weight excluding hydrogens is 436 g/mol. The van der Waals surface area contributed by atoms with Crippen molar-refractivity contribution in [3.8, 4) is 22.6 Å². The van der Waals surface area contributed by atoms with Gasteiger partial charge in [-0.15, -0.1) is 0 Å². The molecular formula is C27H25ClN2O3. The van der Waals surface area contributed by atoms with Crippen molar-refractivity contribution in [2.45, 2.75) is 42.4 Å². The van der Waals surface area contributed by atoms with Crippen LogP contribution in [0.25, 0.3) is 11.1 Å². The lowest BCUT2D eigenvalue weighted by molar-refractivity contribution is -0.168. The average molecular weight is 461 g/mol. The van der Waals surface area contributed by atoms with Crippen LogP contribution >= 0.6 is 11.6 Å². The van der Waals surface area contributed by atoms with Crippen LogP contribution in [0.15, 0.2) is 48.7 Å². The van der Waals surface area contributed by atoms with Crippen molar-refractivity contribution < 1.29 is 14.6 Å². The minimum atomic E-state index is -0.942. The number of benzene rings is 2. The van der Waals surface area contributed by atoms with E-state index in [1.807, 2.05) is 36.5 Å². The van der Waals surface area contributed by atoms with E-state index < -0.39 is 11.0 Å². The molecule has 168 valence electrons. The summed E-state index contributed by atoms with van der Waals surface area (Å²) in [4.78, 5) is 7.28. The topological polar surface area (TPSA) is 54.8 Å². The Morgan fingerprint density at radius 2 is 1.97 bits per heavy atom. The predicted molar refractivity (Wildman–Crippen MR) is 126 cm³/mol. The first-order valence-corrected chi connectivity index (χ1v) is 11.9. The van der Waals surface area contributed by atoms with Gasteiger partial charge in [0.2, 0.25) is 0 Å². The molecule has 5 nitrogen and oxygen atoms in total. The summed E-state index contributed by atoms with van der Waals surface area (Å²) in [6.45, 7) is 0.918. The van der Waals surface area contributed by atoms with E-state index in [9.17, 15) is 5.11 Å². The first-order chi connectivity index (χ1) is 16.0. The van der Waals surface area contributed by atoms with E-state index in [4.69, 9.17) is 26.1 Å². The number of ether oxygens (including phenoxy) is 2. The summed E-state index contributed by atoms with van der Waals surface area (Å²) >= 11 is 6.09. The number of hydrogen-bond donors (Lipinski definition) is 1. The smallest absolute Gasteiger partial charge is 0.166 e. The van der Waals surface area contributed by atoms with Crippen LogP contribution in [-0.4, -0.2) is 47.3 Å². The number of nitrogens with zero attached hydrogens (tertiary/aromatic N) is 2. The quantitative estimate of drug-likeness (QED) is 0.617. The van der Waals surface area contributed by atoms with Crippen molar-refractivity contribution in [1.82, 2.24) is 9.88 Å². The predicted octanol–water partition coefficient (Wildman–Crippen LogP) is 4.33. The van der Waals surface area contributed by atoms with Gasteiger partial charge in [-0.05, 0) is 67.4 Å². The van der Waals surface area contributed by atoms with Crippen molar-refractivity contribution in [3.63, 3.8) is 0 Å². The molecule has 6 heteroatoms. The molecule has 2 aromatic carbocycles. The monoisotopic (exact) mass is 460 g/mol. The third kappa shape index (κ3) is 2.33. The maximum Gasteiger partial charge on any atom is 0.166 e. The summed E-state index contributed by atoms with van der Waals surface area (Å²) in [7, 11) is 3.81. The number of fused-ring (bicyclic) bond motifs is 2. The Balaban J connectivity index is 1.46. The summed E-state index contributed by atoms with van der Waals surface area (Å²) in [6.07, 6.45) is 3.78. The average Bonchev–Trinajstić information content (AvgIpc) is 3.17. The Kier molecular flexibility index (Phi) is 3.91. The zero-order valence-corrected chi connectivity index (χ0v) is 19.4. The van der Waals surface area contributed by atoms with Crippen LogP contribution in [-0.2, 0) is 18.3 Å². The van der Waals surface area contributed by atoms with Gasteiger partial charge in [0.1, 0.15) is 0 Å². The van der Waals surface area contributed by atoms with E-state index in [1.165, 1.54) is 5.56 Å². The third-order valence-corrected chi connectivity index (χ3v) is 8.82.